The van der Waals surface area contributed by atoms with Gasteiger partial charge in [0.05, 0.1) is 12.6 Å². The number of thioether (sulfide) groups is 1. The molecule has 9 heteroatoms. The molecule has 0 saturated carbocycles. The maximum absolute atomic E-state index is 12.6. The van der Waals surface area contributed by atoms with Gasteiger partial charge in [0, 0.05) is 26.0 Å². The zero-order valence-electron chi connectivity index (χ0n) is 15.6. The molecule has 3 rings (SSSR count). The molecule has 2 aliphatic rings. The number of likely N-dealkylation sites (N-methyl/N-ethyl adjacent to an activating group) is 1. The number of carbonyl (C=O) groups is 1. The maximum atomic E-state index is 12.6. The quantitative estimate of drug-likeness (QED) is 0.370. The summed E-state index contributed by atoms with van der Waals surface area (Å²) in [4.78, 5) is 16.0. The minimum Gasteiger partial charge on any atom is -0.377 e. The molecule has 2 atom stereocenters. The standard InChI is InChI=1S/C17H29N5O2S2/c1-3-4-5-6-10-25-16-20-19-15(26-16)22-14(12-21(2)17(22)23)18-11-13-8-7-9-24-13/h13-14,18H,3-12H2,1-2H3. The number of hydrogen-bond acceptors (Lipinski definition) is 7. The first-order valence-corrected chi connectivity index (χ1v) is 11.3. The molecular weight excluding hydrogens is 370 g/mol. The van der Waals surface area contributed by atoms with Crippen molar-refractivity contribution in [3.63, 3.8) is 0 Å². The van der Waals surface area contributed by atoms with Crippen LogP contribution in [0, 0.1) is 0 Å². The summed E-state index contributed by atoms with van der Waals surface area (Å²) in [7, 11) is 1.83. The van der Waals surface area contributed by atoms with Crippen LogP contribution in [-0.2, 0) is 4.74 Å². The lowest BCUT2D eigenvalue weighted by Crippen LogP contribution is -2.47. The number of urea groups is 1. The molecule has 0 aromatic carbocycles. The highest BCUT2D eigenvalue weighted by molar-refractivity contribution is 8.01. The molecule has 1 aromatic rings. The Hall–Kier alpha value is -0.900. The lowest BCUT2D eigenvalue weighted by atomic mass is 10.2. The number of aromatic nitrogens is 2. The number of nitrogens with zero attached hydrogens (tertiary/aromatic N) is 4. The summed E-state index contributed by atoms with van der Waals surface area (Å²) >= 11 is 3.25. The molecule has 2 aliphatic heterocycles. The SMILES string of the molecule is CCCCCCSc1nnc(N2C(=O)N(C)CC2NCC2CCCO2)s1. The normalized spacial score (nSPS) is 23.4. The Morgan fingerprint density at radius 3 is 3.00 bits per heavy atom. The average Bonchev–Trinajstić information content (AvgIpc) is 3.35. The average molecular weight is 400 g/mol. The van der Waals surface area contributed by atoms with Crippen LogP contribution in [-0.4, -0.2) is 65.9 Å². The summed E-state index contributed by atoms with van der Waals surface area (Å²) in [5.41, 5.74) is 0. The summed E-state index contributed by atoms with van der Waals surface area (Å²) in [6.07, 6.45) is 7.38. The molecule has 0 bridgehead atoms. The highest BCUT2D eigenvalue weighted by Gasteiger charge is 2.38. The Balaban J connectivity index is 1.55. The lowest BCUT2D eigenvalue weighted by molar-refractivity contribution is 0.107. The van der Waals surface area contributed by atoms with Crippen LogP contribution >= 0.6 is 23.1 Å². The van der Waals surface area contributed by atoms with Crippen molar-refractivity contribution in [2.45, 2.75) is 62.1 Å². The van der Waals surface area contributed by atoms with Crippen molar-refractivity contribution in [1.29, 1.82) is 0 Å². The van der Waals surface area contributed by atoms with Crippen LogP contribution in [0.4, 0.5) is 9.93 Å². The molecule has 2 amide bonds. The van der Waals surface area contributed by atoms with Crippen LogP contribution in [0.3, 0.4) is 0 Å². The second-order valence-electron chi connectivity index (χ2n) is 6.85. The van der Waals surface area contributed by atoms with Gasteiger partial charge in [0.15, 0.2) is 4.34 Å². The van der Waals surface area contributed by atoms with E-state index in [2.05, 4.69) is 22.4 Å². The van der Waals surface area contributed by atoms with Crippen LogP contribution in [0.2, 0.25) is 0 Å². The third-order valence-electron chi connectivity index (χ3n) is 4.72. The van der Waals surface area contributed by atoms with Gasteiger partial charge < -0.3 is 9.64 Å². The second kappa shape index (κ2) is 9.87. The summed E-state index contributed by atoms with van der Waals surface area (Å²) in [5, 5.41) is 12.7. The van der Waals surface area contributed by atoms with E-state index in [0.29, 0.717) is 11.7 Å². The summed E-state index contributed by atoms with van der Waals surface area (Å²) in [5.74, 6) is 1.06. The lowest BCUT2D eigenvalue weighted by Gasteiger charge is -2.22. The molecule has 2 fully saturated rings. The van der Waals surface area contributed by atoms with E-state index in [1.165, 1.54) is 37.0 Å². The third kappa shape index (κ3) is 5.09. The number of rotatable bonds is 10. The molecular formula is C17H29N5O2S2. The zero-order chi connectivity index (χ0) is 18.4. The van der Waals surface area contributed by atoms with Gasteiger partial charge in [0.2, 0.25) is 5.13 Å². The van der Waals surface area contributed by atoms with Crippen molar-refractivity contribution in [2.24, 2.45) is 0 Å². The van der Waals surface area contributed by atoms with Gasteiger partial charge in [-0.25, -0.2) is 4.79 Å². The zero-order valence-corrected chi connectivity index (χ0v) is 17.3. The second-order valence-corrected chi connectivity index (χ2v) is 9.15. The first-order chi connectivity index (χ1) is 12.7. The fourth-order valence-corrected chi connectivity index (χ4v) is 5.18. The van der Waals surface area contributed by atoms with Crippen LogP contribution in [0.15, 0.2) is 4.34 Å². The van der Waals surface area contributed by atoms with Gasteiger partial charge in [-0.3, -0.25) is 10.2 Å². The number of carbonyl (C=O) groups excluding carboxylic acids is 1. The Morgan fingerprint density at radius 2 is 2.23 bits per heavy atom. The van der Waals surface area contributed by atoms with Crippen molar-refractivity contribution in [2.75, 3.05) is 37.4 Å². The van der Waals surface area contributed by atoms with E-state index >= 15 is 0 Å². The Morgan fingerprint density at radius 1 is 1.35 bits per heavy atom. The van der Waals surface area contributed by atoms with Gasteiger partial charge in [-0.2, -0.15) is 0 Å². The van der Waals surface area contributed by atoms with Crippen molar-refractivity contribution < 1.29 is 9.53 Å². The summed E-state index contributed by atoms with van der Waals surface area (Å²) < 4.78 is 6.62. The number of ether oxygens (including phenoxy) is 1. The van der Waals surface area contributed by atoms with E-state index in [-0.39, 0.29) is 18.3 Å². The van der Waals surface area contributed by atoms with Gasteiger partial charge in [0.1, 0.15) is 6.17 Å². The number of unbranched alkanes of at least 4 members (excludes halogenated alkanes) is 3. The van der Waals surface area contributed by atoms with E-state index in [9.17, 15) is 4.79 Å². The van der Waals surface area contributed by atoms with Gasteiger partial charge in [-0.1, -0.05) is 49.3 Å². The number of anilines is 1. The molecule has 146 valence electrons. The molecule has 2 saturated heterocycles. The van der Waals surface area contributed by atoms with Gasteiger partial charge in [0.25, 0.3) is 0 Å². The van der Waals surface area contributed by atoms with Crippen molar-refractivity contribution in [1.82, 2.24) is 20.4 Å². The van der Waals surface area contributed by atoms with E-state index in [1.807, 2.05) is 7.05 Å². The molecule has 1 aromatic heterocycles. The van der Waals surface area contributed by atoms with Crippen molar-refractivity contribution in [3.8, 4) is 0 Å². The molecule has 26 heavy (non-hydrogen) atoms. The van der Waals surface area contributed by atoms with Gasteiger partial charge in [-0.15, -0.1) is 10.2 Å². The van der Waals surface area contributed by atoms with E-state index in [0.717, 1.165) is 36.1 Å². The first kappa shape index (κ1) is 19.9. The summed E-state index contributed by atoms with van der Waals surface area (Å²) in [6, 6.07) is -0.0227. The third-order valence-corrected chi connectivity index (χ3v) is 6.86. The molecule has 0 aliphatic carbocycles. The summed E-state index contributed by atoms with van der Waals surface area (Å²) in [6.45, 7) is 4.47. The highest BCUT2D eigenvalue weighted by Crippen LogP contribution is 2.32. The van der Waals surface area contributed by atoms with Crippen LogP contribution in [0.1, 0.15) is 45.4 Å². The predicted molar refractivity (Wildman–Crippen MR) is 106 cm³/mol. The van der Waals surface area contributed by atoms with E-state index < -0.39 is 0 Å². The molecule has 2 unspecified atom stereocenters. The molecule has 3 heterocycles. The van der Waals surface area contributed by atoms with E-state index in [4.69, 9.17) is 4.74 Å². The largest absolute Gasteiger partial charge is 0.377 e. The Labute approximate surface area is 163 Å². The fourth-order valence-electron chi connectivity index (χ4n) is 3.23. The monoisotopic (exact) mass is 399 g/mol. The van der Waals surface area contributed by atoms with Crippen molar-refractivity contribution in [3.05, 3.63) is 0 Å². The minimum absolute atomic E-state index is 0.0227. The molecule has 7 nitrogen and oxygen atoms in total. The highest BCUT2D eigenvalue weighted by atomic mass is 32.2. The number of amides is 2. The molecule has 1 N–H and O–H groups in total. The smallest absolute Gasteiger partial charge is 0.327 e. The maximum Gasteiger partial charge on any atom is 0.327 e. The topological polar surface area (TPSA) is 70.6 Å². The Bertz CT molecular complexity index is 579. The molecule has 0 spiro atoms. The van der Waals surface area contributed by atoms with Crippen molar-refractivity contribution >= 4 is 34.3 Å². The minimum atomic E-state index is -0.0768. The fraction of sp³-hybridized carbons (Fsp3) is 0.824. The predicted octanol–water partition coefficient (Wildman–Crippen LogP) is 3.18. The van der Waals surface area contributed by atoms with Gasteiger partial charge in [-0.05, 0) is 19.3 Å². The first-order valence-electron chi connectivity index (χ1n) is 9.54. The van der Waals surface area contributed by atoms with Crippen LogP contribution in [0.25, 0.3) is 0 Å². The number of nitrogens with one attached hydrogen (secondary N) is 1. The Kier molecular flexibility index (Phi) is 7.53. The van der Waals surface area contributed by atoms with Crippen LogP contribution in [0.5, 0.6) is 0 Å². The van der Waals surface area contributed by atoms with Gasteiger partial charge >= 0.3 is 6.03 Å². The molecule has 0 radical (unpaired) electrons. The number of hydrogen-bond donors (Lipinski definition) is 1. The van der Waals surface area contributed by atoms with Crippen LogP contribution < -0.4 is 10.2 Å². The van der Waals surface area contributed by atoms with E-state index in [1.54, 1.807) is 21.6 Å².